The number of carbonyl (C=O) groups is 1. The van der Waals surface area contributed by atoms with E-state index in [-0.39, 0.29) is 11.9 Å². The summed E-state index contributed by atoms with van der Waals surface area (Å²) in [6.07, 6.45) is 10.1. The molecule has 7 heteroatoms. The highest BCUT2D eigenvalue weighted by Crippen LogP contribution is 2.38. The second kappa shape index (κ2) is 9.18. The maximum absolute atomic E-state index is 13.7. The number of aryl methyl sites for hydroxylation is 4. The molecule has 1 amide bonds. The van der Waals surface area contributed by atoms with Crippen LogP contribution >= 0.6 is 0 Å². The van der Waals surface area contributed by atoms with Crippen LogP contribution in [0.5, 0.6) is 0 Å². The third-order valence-electron chi connectivity index (χ3n) is 6.40. The molecule has 4 rings (SSSR count). The van der Waals surface area contributed by atoms with Crippen molar-refractivity contribution in [2.24, 2.45) is 7.05 Å². The first-order valence-electron chi connectivity index (χ1n) is 11.6. The molecule has 1 fully saturated rings. The van der Waals surface area contributed by atoms with E-state index in [1.54, 1.807) is 10.9 Å². The molecule has 0 unspecified atom stereocenters. The van der Waals surface area contributed by atoms with Gasteiger partial charge in [0, 0.05) is 49.7 Å². The van der Waals surface area contributed by atoms with Crippen molar-refractivity contribution in [3.05, 3.63) is 58.7 Å². The standard InChI is InChI=1S/C25H32N6O/c1-6-9-22-27-15-19(18-11-12-26-14-16(18)3)23(28-22)21-10-8-13-31(21)25(32)24-17(4)20(7-2)29-30(24)5/h11-12,14-15,21H,6-10,13H2,1-5H3/t21-/m1/s1. The summed E-state index contributed by atoms with van der Waals surface area (Å²) in [6, 6.07) is 1.93. The van der Waals surface area contributed by atoms with Gasteiger partial charge in [-0.15, -0.1) is 0 Å². The van der Waals surface area contributed by atoms with Crippen LogP contribution in [-0.2, 0) is 19.9 Å². The molecule has 1 saturated heterocycles. The van der Waals surface area contributed by atoms with Crippen molar-refractivity contribution < 1.29 is 4.79 Å². The minimum absolute atomic E-state index is 0.0350. The number of nitrogens with zero attached hydrogens (tertiary/aromatic N) is 6. The van der Waals surface area contributed by atoms with Crippen molar-refractivity contribution in [2.75, 3.05) is 6.54 Å². The second-order valence-electron chi connectivity index (χ2n) is 8.58. The van der Waals surface area contributed by atoms with Gasteiger partial charge >= 0.3 is 0 Å². The lowest BCUT2D eigenvalue weighted by molar-refractivity contribution is 0.0721. The Labute approximate surface area is 189 Å². The predicted octanol–water partition coefficient (Wildman–Crippen LogP) is 4.38. The van der Waals surface area contributed by atoms with E-state index in [2.05, 4.69) is 35.8 Å². The lowest BCUT2D eigenvalue weighted by atomic mass is 9.97. The van der Waals surface area contributed by atoms with Crippen molar-refractivity contribution in [3.8, 4) is 11.1 Å². The molecule has 0 aliphatic carbocycles. The Balaban J connectivity index is 1.79. The van der Waals surface area contributed by atoms with Gasteiger partial charge in [-0.1, -0.05) is 13.8 Å². The Morgan fingerprint density at radius 1 is 1.19 bits per heavy atom. The zero-order valence-electron chi connectivity index (χ0n) is 19.7. The molecule has 0 saturated carbocycles. The molecule has 0 bridgehead atoms. The molecular weight excluding hydrogens is 400 g/mol. The third kappa shape index (κ3) is 3.92. The maximum atomic E-state index is 13.7. The fourth-order valence-corrected chi connectivity index (χ4v) is 4.76. The fraction of sp³-hybridized carbons (Fsp3) is 0.480. The zero-order valence-corrected chi connectivity index (χ0v) is 19.7. The largest absolute Gasteiger partial charge is 0.329 e. The summed E-state index contributed by atoms with van der Waals surface area (Å²) < 4.78 is 1.74. The molecule has 0 radical (unpaired) electrons. The number of rotatable bonds is 6. The van der Waals surface area contributed by atoms with E-state index in [1.165, 1.54) is 0 Å². The van der Waals surface area contributed by atoms with Crippen LogP contribution in [0.25, 0.3) is 11.1 Å². The smallest absolute Gasteiger partial charge is 0.272 e. The lowest BCUT2D eigenvalue weighted by Crippen LogP contribution is -2.33. The second-order valence-corrected chi connectivity index (χ2v) is 8.58. The van der Waals surface area contributed by atoms with Crippen molar-refractivity contribution in [1.82, 2.24) is 29.6 Å². The minimum Gasteiger partial charge on any atom is -0.329 e. The van der Waals surface area contributed by atoms with Gasteiger partial charge in [0.05, 0.1) is 17.4 Å². The van der Waals surface area contributed by atoms with E-state index in [0.717, 1.165) is 78.1 Å². The number of carbonyl (C=O) groups excluding carboxylic acids is 1. The first-order chi connectivity index (χ1) is 15.5. The van der Waals surface area contributed by atoms with E-state index in [0.29, 0.717) is 5.69 Å². The van der Waals surface area contributed by atoms with Crippen LogP contribution in [0.1, 0.15) is 78.0 Å². The average Bonchev–Trinajstić information content (AvgIpc) is 3.38. The molecule has 1 atom stereocenters. The molecule has 7 nitrogen and oxygen atoms in total. The highest BCUT2D eigenvalue weighted by molar-refractivity contribution is 5.95. The topological polar surface area (TPSA) is 76.8 Å². The monoisotopic (exact) mass is 432 g/mol. The highest BCUT2D eigenvalue weighted by atomic mass is 16.2. The Bertz CT molecular complexity index is 1140. The summed E-state index contributed by atoms with van der Waals surface area (Å²) in [7, 11) is 1.86. The van der Waals surface area contributed by atoms with Crippen LogP contribution in [0.2, 0.25) is 0 Å². The van der Waals surface area contributed by atoms with E-state index >= 15 is 0 Å². The molecule has 0 N–H and O–H groups in total. The van der Waals surface area contributed by atoms with Crippen LogP contribution in [0.3, 0.4) is 0 Å². The molecular formula is C25H32N6O. The molecule has 1 aliphatic rings. The van der Waals surface area contributed by atoms with Gasteiger partial charge in [0.1, 0.15) is 11.5 Å². The van der Waals surface area contributed by atoms with Crippen LogP contribution in [0.4, 0.5) is 0 Å². The number of aromatic nitrogens is 5. The first kappa shape index (κ1) is 22.1. The Morgan fingerprint density at radius 3 is 2.69 bits per heavy atom. The van der Waals surface area contributed by atoms with Gasteiger partial charge in [-0.25, -0.2) is 9.97 Å². The Morgan fingerprint density at radius 2 is 2.00 bits per heavy atom. The maximum Gasteiger partial charge on any atom is 0.272 e. The lowest BCUT2D eigenvalue weighted by Gasteiger charge is -2.27. The van der Waals surface area contributed by atoms with Gasteiger partial charge in [-0.3, -0.25) is 14.5 Å². The van der Waals surface area contributed by atoms with Crippen LogP contribution in [0, 0.1) is 13.8 Å². The van der Waals surface area contributed by atoms with Crippen molar-refractivity contribution in [1.29, 1.82) is 0 Å². The molecule has 32 heavy (non-hydrogen) atoms. The molecule has 4 heterocycles. The fourth-order valence-electron chi connectivity index (χ4n) is 4.76. The van der Waals surface area contributed by atoms with E-state index < -0.39 is 0 Å². The van der Waals surface area contributed by atoms with E-state index in [4.69, 9.17) is 4.98 Å². The quantitative estimate of drug-likeness (QED) is 0.578. The van der Waals surface area contributed by atoms with E-state index in [1.807, 2.05) is 37.3 Å². The third-order valence-corrected chi connectivity index (χ3v) is 6.40. The Hall–Kier alpha value is -3.09. The van der Waals surface area contributed by atoms with Gasteiger partial charge in [-0.05, 0) is 56.7 Å². The minimum atomic E-state index is -0.0805. The molecule has 0 aromatic carbocycles. The summed E-state index contributed by atoms with van der Waals surface area (Å²) in [6.45, 7) is 8.97. The van der Waals surface area contributed by atoms with Gasteiger partial charge in [0.2, 0.25) is 0 Å². The first-order valence-corrected chi connectivity index (χ1v) is 11.6. The summed E-state index contributed by atoms with van der Waals surface area (Å²) in [4.78, 5) is 29.6. The van der Waals surface area contributed by atoms with Crippen molar-refractivity contribution in [2.45, 2.75) is 65.8 Å². The summed E-state index contributed by atoms with van der Waals surface area (Å²) in [5.41, 5.74) is 6.72. The number of amides is 1. The SMILES string of the molecule is CCCc1ncc(-c2ccncc2C)c([C@H]2CCCN2C(=O)c2c(C)c(CC)nn2C)n1. The molecule has 3 aromatic heterocycles. The Kier molecular flexibility index (Phi) is 6.35. The summed E-state index contributed by atoms with van der Waals surface area (Å²) in [5, 5.41) is 4.57. The van der Waals surface area contributed by atoms with Gasteiger partial charge in [-0.2, -0.15) is 5.10 Å². The number of hydrogen-bond acceptors (Lipinski definition) is 5. The highest BCUT2D eigenvalue weighted by Gasteiger charge is 2.36. The van der Waals surface area contributed by atoms with Gasteiger partial charge < -0.3 is 4.90 Å². The molecule has 3 aromatic rings. The number of pyridine rings is 1. The van der Waals surface area contributed by atoms with Crippen molar-refractivity contribution in [3.63, 3.8) is 0 Å². The normalized spacial score (nSPS) is 16.0. The van der Waals surface area contributed by atoms with Crippen LogP contribution < -0.4 is 0 Å². The predicted molar refractivity (Wildman–Crippen MR) is 124 cm³/mol. The van der Waals surface area contributed by atoms with Crippen LogP contribution in [0.15, 0.2) is 24.7 Å². The summed E-state index contributed by atoms with van der Waals surface area (Å²) >= 11 is 0. The molecule has 1 aliphatic heterocycles. The van der Waals surface area contributed by atoms with Gasteiger partial charge in [0.25, 0.3) is 5.91 Å². The number of likely N-dealkylation sites (tertiary alicyclic amines) is 1. The number of hydrogen-bond donors (Lipinski definition) is 0. The van der Waals surface area contributed by atoms with Crippen molar-refractivity contribution >= 4 is 5.91 Å². The van der Waals surface area contributed by atoms with E-state index in [9.17, 15) is 4.79 Å². The molecule has 168 valence electrons. The molecule has 0 spiro atoms. The average molecular weight is 433 g/mol. The van der Waals surface area contributed by atoms with Crippen LogP contribution in [-0.4, -0.2) is 42.1 Å². The van der Waals surface area contributed by atoms with Gasteiger partial charge in [0.15, 0.2) is 0 Å². The zero-order chi connectivity index (χ0) is 22.8. The summed E-state index contributed by atoms with van der Waals surface area (Å²) in [5.74, 6) is 0.870.